The molecule has 0 aliphatic carbocycles. The van der Waals surface area contributed by atoms with Crippen LogP contribution in [0.1, 0.15) is 49.4 Å². The number of carbonyl (C=O) groups excluding carboxylic acids is 2. The number of ether oxygens (including phenoxy) is 1. The summed E-state index contributed by atoms with van der Waals surface area (Å²) in [6.07, 6.45) is 6.81. The number of rotatable bonds is 9. The molecule has 10 heteroatoms. The van der Waals surface area contributed by atoms with Gasteiger partial charge in [0, 0.05) is 32.1 Å². The van der Waals surface area contributed by atoms with E-state index in [1.54, 1.807) is 45.1 Å². The lowest BCUT2D eigenvalue weighted by Crippen LogP contribution is -2.20. The molecule has 0 atom stereocenters. The molecule has 0 aromatic carbocycles. The summed E-state index contributed by atoms with van der Waals surface area (Å²) in [5, 5.41) is 1.62. The van der Waals surface area contributed by atoms with Gasteiger partial charge in [-0.1, -0.05) is 13.8 Å². The van der Waals surface area contributed by atoms with Crippen molar-refractivity contribution in [1.29, 1.82) is 0 Å². The van der Waals surface area contributed by atoms with E-state index in [1.807, 2.05) is 27.9 Å². The molecule has 0 saturated carbocycles. The summed E-state index contributed by atoms with van der Waals surface area (Å²) >= 11 is 0. The summed E-state index contributed by atoms with van der Waals surface area (Å²) in [5.74, 6) is -1.22. The fraction of sp³-hybridized carbons (Fsp3) is 0.360. The van der Waals surface area contributed by atoms with Crippen molar-refractivity contribution in [2.24, 2.45) is 0 Å². The van der Waals surface area contributed by atoms with Crippen molar-refractivity contribution < 1.29 is 27.9 Å². The normalized spacial score (nSPS) is 11.1. The van der Waals surface area contributed by atoms with Gasteiger partial charge >= 0.3 is 0 Å². The van der Waals surface area contributed by atoms with Gasteiger partial charge in [-0.05, 0) is 44.6 Å². The van der Waals surface area contributed by atoms with Crippen LogP contribution < -0.4 is 4.90 Å². The topological polar surface area (TPSA) is 84.9 Å². The fourth-order valence-electron chi connectivity index (χ4n) is 2.37. The SMILES string of the molecule is C/C=C(\C=C(\C)N(C=O)c1cc(C=O)ncc1C)OCc1ncc(F)cc1F.CC.CON(C)C. The number of halogens is 2. The Kier molecular flexibility index (Phi) is 15.3. The van der Waals surface area contributed by atoms with Gasteiger partial charge in [0.05, 0.1) is 19.0 Å². The fourth-order valence-corrected chi connectivity index (χ4v) is 2.37. The molecule has 0 saturated heterocycles. The molecule has 35 heavy (non-hydrogen) atoms. The smallest absolute Gasteiger partial charge is 0.218 e. The molecule has 0 unspecified atom stereocenters. The number of aromatic nitrogens is 2. The zero-order valence-electron chi connectivity index (χ0n) is 21.5. The highest BCUT2D eigenvalue weighted by Gasteiger charge is 2.13. The van der Waals surface area contributed by atoms with Gasteiger partial charge in [-0.15, -0.1) is 0 Å². The minimum Gasteiger partial charge on any atom is -0.487 e. The van der Waals surface area contributed by atoms with E-state index < -0.39 is 11.6 Å². The largest absolute Gasteiger partial charge is 0.487 e. The van der Waals surface area contributed by atoms with Crippen LogP contribution in [0, 0.1) is 18.6 Å². The van der Waals surface area contributed by atoms with Gasteiger partial charge in [-0.25, -0.2) is 8.78 Å². The van der Waals surface area contributed by atoms with Crippen molar-refractivity contribution in [1.82, 2.24) is 15.0 Å². The summed E-state index contributed by atoms with van der Waals surface area (Å²) in [4.78, 5) is 36.2. The highest BCUT2D eigenvalue weighted by Crippen LogP contribution is 2.23. The second-order valence-corrected chi connectivity index (χ2v) is 6.83. The van der Waals surface area contributed by atoms with Gasteiger partial charge in [0.15, 0.2) is 12.1 Å². The number of nitrogens with zero attached hydrogens (tertiary/aromatic N) is 4. The number of allylic oxidation sites excluding steroid dienone is 3. The van der Waals surface area contributed by atoms with E-state index in [4.69, 9.17) is 4.74 Å². The number of amides is 1. The lowest BCUT2D eigenvalue weighted by Gasteiger charge is -2.21. The predicted octanol–water partition coefficient (Wildman–Crippen LogP) is 5.00. The Morgan fingerprint density at radius 2 is 1.74 bits per heavy atom. The Bertz CT molecular complexity index is 1010. The molecule has 0 radical (unpaired) electrons. The van der Waals surface area contributed by atoms with Crippen LogP contribution in [0.2, 0.25) is 0 Å². The second kappa shape index (κ2) is 17.0. The number of hydrogen-bond acceptors (Lipinski definition) is 7. The van der Waals surface area contributed by atoms with Crippen LogP contribution in [-0.4, -0.2) is 48.9 Å². The maximum Gasteiger partial charge on any atom is 0.218 e. The van der Waals surface area contributed by atoms with Crippen molar-refractivity contribution in [3.63, 3.8) is 0 Å². The zero-order chi connectivity index (χ0) is 27.0. The molecular weight excluding hydrogens is 458 g/mol. The minimum atomic E-state index is -0.806. The maximum absolute atomic E-state index is 13.7. The molecule has 1 amide bonds. The number of hydrogen-bond donors (Lipinski definition) is 0. The average Bonchev–Trinajstić information content (AvgIpc) is 2.85. The van der Waals surface area contributed by atoms with Gasteiger partial charge in [0.2, 0.25) is 6.41 Å². The Morgan fingerprint density at radius 3 is 2.23 bits per heavy atom. The molecule has 2 rings (SSSR count). The first-order valence-electron chi connectivity index (χ1n) is 10.8. The van der Waals surface area contributed by atoms with Crippen LogP contribution in [0.3, 0.4) is 0 Å². The molecule has 2 aromatic heterocycles. The summed E-state index contributed by atoms with van der Waals surface area (Å²) in [6.45, 7) is 8.94. The van der Waals surface area contributed by atoms with Gasteiger partial charge in [-0.2, -0.15) is 5.06 Å². The zero-order valence-corrected chi connectivity index (χ0v) is 21.5. The van der Waals surface area contributed by atoms with E-state index in [2.05, 4.69) is 14.8 Å². The monoisotopic (exact) mass is 492 g/mol. The molecular formula is C25H34F2N4O4. The van der Waals surface area contributed by atoms with Gasteiger partial charge in [-0.3, -0.25) is 24.5 Å². The van der Waals surface area contributed by atoms with E-state index in [1.165, 1.54) is 17.2 Å². The maximum atomic E-state index is 13.7. The summed E-state index contributed by atoms with van der Waals surface area (Å²) in [6, 6.07) is 2.23. The molecule has 0 fully saturated rings. The first-order chi connectivity index (χ1) is 16.7. The van der Waals surface area contributed by atoms with E-state index in [0.29, 0.717) is 35.4 Å². The van der Waals surface area contributed by atoms with Crippen molar-refractivity contribution in [3.05, 3.63) is 76.7 Å². The number of pyridine rings is 2. The van der Waals surface area contributed by atoms with Crippen LogP contribution >= 0.6 is 0 Å². The Hall–Kier alpha value is -3.50. The summed E-state index contributed by atoms with van der Waals surface area (Å²) in [5.41, 5.74) is 1.86. The van der Waals surface area contributed by atoms with Crippen LogP contribution in [0.5, 0.6) is 0 Å². The Morgan fingerprint density at radius 1 is 1.11 bits per heavy atom. The minimum absolute atomic E-state index is 0.0420. The highest BCUT2D eigenvalue weighted by molar-refractivity contribution is 5.84. The number of aryl methyl sites for hydroxylation is 1. The van der Waals surface area contributed by atoms with Crippen molar-refractivity contribution in [2.75, 3.05) is 26.1 Å². The third kappa shape index (κ3) is 11.0. The number of carbonyl (C=O) groups is 2. The molecule has 0 N–H and O–H groups in total. The first-order valence-corrected chi connectivity index (χ1v) is 10.8. The van der Waals surface area contributed by atoms with Crippen LogP contribution in [-0.2, 0) is 21.0 Å². The van der Waals surface area contributed by atoms with Gasteiger partial charge in [0.25, 0.3) is 0 Å². The highest BCUT2D eigenvalue weighted by atomic mass is 19.1. The quantitative estimate of drug-likeness (QED) is 0.211. The molecule has 0 aliphatic rings. The molecule has 2 aromatic rings. The molecule has 0 spiro atoms. The van der Waals surface area contributed by atoms with E-state index in [-0.39, 0.29) is 18.0 Å². The second-order valence-electron chi connectivity index (χ2n) is 6.83. The number of anilines is 1. The standard InChI is InChI=1S/C20H19F2N3O3.C3H9NO.C2H6/c1-4-17(28-11-19-18(22)6-15(21)9-24-19)5-14(3)25(12-27)20-7-16(10-26)23-8-13(20)2;1-4(2)5-3;1-2/h4-10,12H,11H2,1-3H3;1-3H3;1-2H3/b14-5-,17-4+;;. The molecule has 8 nitrogen and oxygen atoms in total. The number of hydroxylamine groups is 2. The number of aldehydes is 1. The van der Waals surface area contributed by atoms with Crippen molar-refractivity contribution in [2.45, 2.75) is 41.2 Å². The van der Waals surface area contributed by atoms with Crippen molar-refractivity contribution in [3.8, 4) is 0 Å². The van der Waals surface area contributed by atoms with Gasteiger partial charge < -0.3 is 9.57 Å². The van der Waals surface area contributed by atoms with E-state index >= 15 is 0 Å². The Balaban J connectivity index is 0.00000146. The first kappa shape index (κ1) is 31.5. The van der Waals surface area contributed by atoms with Crippen LogP contribution in [0.25, 0.3) is 0 Å². The Labute approximate surface area is 205 Å². The van der Waals surface area contributed by atoms with Gasteiger partial charge in [0.1, 0.15) is 29.6 Å². The molecule has 2 heterocycles. The third-order valence-corrected chi connectivity index (χ3v) is 4.22. The van der Waals surface area contributed by atoms with Crippen LogP contribution in [0.15, 0.2) is 48.1 Å². The van der Waals surface area contributed by atoms with E-state index in [0.717, 1.165) is 12.3 Å². The average molecular weight is 493 g/mol. The summed E-state index contributed by atoms with van der Waals surface area (Å²) < 4.78 is 32.1. The van der Waals surface area contributed by atoms with Crippen LogP contribution in [0.4, 0.5) is 14.5 Å². The van der Waals surface area contributed by atoms with E-state index in [9.17, 15) is 18.4 Å². The lowest BCUT2D eigenvalue weighted by atomic mass is 10.2. The summed E-state index contributed by atoms with van der Waals surface area (Å²) in [7, 11) is 5.29. The molecule has 0 bridgehead atoms. The predicted molar refractivity (Wildman–Crippen MR) is 131 cm³/mol. The lowest BCUT2D eigenvalue weighted by molar-refractivity contribution is -0.107. The molecule has 192 valence electrons. The molecule has 0 aliphatic heterocycles. The third-order valence-electron chi connectivity index (χ3n) is 4.22. The van der Waals surface area contributed by atoms with Crippen molar-refractivity contribution >= 4 is 18.4 Å².